The van der Waals surface area contributed by atoms with Crippen LogP contribution in [0.3, 0.4) is 0 Å². The number of fused-ring (bicyclic) bond motifs is 2. The van der Waals surface area contributed by atoms with E-state index in [4.69, 9.17) is 11.6 Å². The molecule has 0 aliphatic carbocycles. The number of halogens is 2. The van der Waals surface area contributed by atoms with Crippen molar-refractivity contribution in [1.82, 2.24) is 20.3 Å². The van der Waals surface area contributed by atoms with E-state index in [1.54, 1.807) is 18.2 Å². The molecule has 0 unspecified atom stereocenters. The van der Waals surface area contributed by atoms with E-state index >= 15 is 0 Å². The first kappa shape index (κ1) is 17.2. The summed E-state index contributed by atoms with van der Waals surface area (Å²) in [5, 5.41) is 8.19. The van der Waals surface area contributed by atoms with Gasteiger partial charge in [0.25, 0.3) is 5.56 Å². The van der Waals surface area contributed by atoms with Crippen molar-refractivity contribution >= 4 is 39.2 Å². The first-order valence-corrected chi connectivity index (χ1v) is 9.45. The van der Waals surface area contributed by atoms with E-state index < -0.39 is 0 Å². The summed E-state index contributed by atoms with van der Waals surface area (Å²) >= 11 is 6.23. The number of hydrogen-bond acceptors (Lipinski definition) is 4. The summed E-state index contributed by atoms with van der Waals surface area (Å²) < 4.78 is 13.6. The maximum Gasteiger partial charge on any atom is 0.261 e. The molecule has 0 bridgehead atoms. The first-order chi connectivity index (χ1) is 13.6. The molecule has 1 fully saturated rings. The van der Waals surface area contributed by atoms with E-state index in [0.717, 1.165) is 24.9 Å². The number of nitrogens with one attached hydrogen (secondary N) is 4. The van der Waals surface area contributed by atoms with E-state index in [2.05, 4.69) is 25.6 Å². The normalized spacial score (nSPS) is 16.9. The van der Waals surface area contributed by atoms with Crippen molar-refractivity contribution in [2.45, 2.75) is 12.5 Å². The Kier molecular flexibility index (Phi) is 4.07. The Morgan fingerprint density at radius 3 is 2.86 bits per heavy atom. The van der Waals surface area contributed by atoms with Gasteiger partial charge in [0.05, 0.1) is 22.2 Å². The number of hydrogen-bond donors (Lipinski definition) is 4. The second kappa shape index (κ2) is 6.61. The van der Waals surface area contributed by atoms with Crippen LogP contribution in [-0.4, -0.2) is 34.1 Å². The van der Waals surface area contributed by atoms with Crippen LogP contribution < -0.4 is 16.2 Å². The standard InChI is InChI=1S/C20H17ClFN5O/c21-10-1-3-14-13(7-10)18(24-12-5-6-23-9-12)17(20(28)27-14)19-25-15-4-2-11(22)8-16(15)26-19/h1-4,7-8,12,23H,5-6,9H2,(H,25,26)(H2,24,27,28)/t12-/m1/s1. The van der Waals surface area contributed by atoms with Crippen LogP contribution in [0.2, 0.25) is 5.02 Å². The predicted octanol–water partition coefficient (Wildman–Crippen LogP) is 3.64. The van der Waals surface area contributed by atoms with Crippen LogP contribution in [0, 0.1) is 5.82 Å². The molecule has 2 aromatic carbocycles. The summed E-state index contributed by atoms with van der Waals surface area (Å²) in [4.78, 5) is 23.5. The van der Waals surface area contributed by atoms with E-state index in [1.165, 1.54) is 12.1 Å². The second-order valence-corrected chi connectivity index (χ2v) is 7.41. The van der Waals surface area contributed by atoms with Crippen molar-refractivity contribution in [2.24, 2.45) is 0 Å². The highest BCUT2D eigenvalue weighted by Crippen LogP contribution is 2.33. The number of aromatic nitrogens is 3. The van der Waals surface area contributed by atoms with Gasteiger partial charge in [0.15, 0.2) is 0 Å². The van der Waals surface area contributed by atoms with Crippen molar-refractivity contribution in [3.8, 4) is 11.4 Å². The zero-order chi connectivity index (χ0) is 19.3. The van der Waals surface area contributed by atoms with Crippen LogP contribution in [0.1, 0.15) is 6.42 Å². The van der Waals surface area contributed by atoms with Gasteiger partial charge in [-0.15, -0.1) is 0 Å². The van der Waals surface area contributed by atoms with Crippen molar-refractivity contribution in [2.75, 3.05) is 18.4 Å². The van der Waals surface area contributed by atoms with Crippen LogP contribution in [0.5, 0.6) is 0 Å². The minimum absolute atomic E-state index is 0.185. The molecule has 0 spiro atoms. The largest absolute Gasteiger partial charge is 0.380 e. The van der Waals surface area contributed by atoms with Gasteiger partial charge >= 0.3 is 0 Å². The molecule has 1 aliphatic rings. The van der Waals surface area contributed by atoms with Crippen molar-refractivity contribution < 1.29 is 4.39 Å². The molecule has 0 radical (unpaired) electrons. The smallest absolute Gasteiger partial charge is 0.261 e. The molecule has 3 heterocycles. The molecular formula is C20H17ClFN5O. The van der Waals surface area contributed by atoms with Gasteiger partial charge in [0, 0.05) is 23.0 Å². The summed E-state index contributed by atoms with van der Waals surface area (Å²) in [5.74, 6) is 0.0227. The lowest BCUT2D eigenvalue weighted by atomic mass is 10.1. The topological polar surface area (TPSA) is 85.6 Å². The van der Waals surface area contributed by atoms with Crippen molar-refractivity contribution in [1.29, 1.82) is 0 Å². The van der Waals surface area contributed by atoms with Crippen LogP contribution in [0.25, 0.3) is 33.3 Å². The number of pyridine rings is 1. The zero-order valence-corrected chi connectivity index (χ0v) is 15.5. The van der Waals surface area contributed by atoms with Gasteiger partial charge in [0.1, 0.15) is 17.2 Å². The molecule has 4 N–H and O–H groups in total. The molecule has 5 rings (SSSR count). The highest BCUT2D eigenvalue weighted by atomic mass is 35.5. The molecule has 1 atom stereocenters. The van der Waals surface area contributed by atoms with Gasteiger partial charge in [-0.3, -0.25) is 4.79 Å². The lowest BCUT2D eigenvalue weighted by molar-refractivity contribution is 0.629. The average molecular weight is 398 g/mol. The van der Waals surface area contributed by atoms with Gasteiger partial charge < -0.3 is 20.6 Å². The fourth-order valence-electron chi connectivity index (χ4n) is 3.72. The maximum absolute atomic E-state index is 13.6. The monoisotopic (exact) mass is 397 g/mol. The van der Waals surface area contributed by atoms with Crippen LogP contribution in [0.15, 0.2) is 41.2 Å². The number of nitrogens with zero attached hydrogens (tertiary/aromatic N) is 1. The summed E-state index contributed by atoms with van der Waals surface area (Å²) in [6.45, 7) is 1.72. The highest BCUT2D eigenvalue weighted by molar-refractivity contribution is 6.31. The van der Waals surface area contributed by atoms with E-state index in [0.29, 0.717) is 38.6 Å². The fraction of sp³-hybridized carbons (Fsp3) is 0.200. The van der Waals surface area contributed by atoms with Gasteiger partial charge in [0.2, 0.25) is 0 Å². The Labute approximate surface area is 164 Å². The zero-order valence-electron chi connectivity index (χ0n) is 14.8. The Morgan fingerprint density at radius 1 is 1.14 bits per heavy atom. The van der Waals surface area contributed by atoms with Gasteiger partial charge in [-0.2, -0.15) is 0 Å². The highest BCUT2D eigenvalue weighted by Gasteiger charge is 2.22. The number of imidazole rings is 1. The average Bonchev–Trinajstić information content (AvgIpc) is 3.31. The number of anilines is 1. The van der Waals surface area contributed by atoms with Crippen LogP contribution >= 0.6 is 11.6 Å². The third-order valence-corrected chi connectivity index (χ3v) is 5.30. The lowest BCUT2D eigenvalue weighted by Crippen LogP contribution is -2.24. The predicted molar refractivity (Wildman–Crippen MR) is 110 cm³/mol. The molecule has 1 saturated heterocycles. The molecule has 0 amide bonds. The van der Waals surface area contributed by atoms with Crippen LogP contribution in [-0.2, 0) is 0 Å². The quantitative estimate of drug-likeness (QED) is 0.425. The van der Waals surface area contributed by atoms with Crippen molar-refractivity contribution in [3.63, 3.8) is 0 Å². The Bertz CT molecular complexity index is 1260. The van der Waals surface area contributed by atoms with E-state index in [1.807, 2.05) is 6.07 Å². The molecule has 6 nitrogen and oxygen atoms in total. The molecule has 2 aromatic heterocycles. The SMILES string of the molecule is O=c1[nH]c2ccc(Cl)cc2c(N[C@@H]2CCNC2)c1-c1nc2ccc(F)cc2[nH]1. The third kappa shape index (κ3) is 2.93. The molecule has 4 aromatic rings. The van der Waals surface area contributed by atoms with Crippen molar-refractivity contribution in [3.05, 3.63) is 57.6 Å². The molecule has 0 saturated carbocycles. The number of H-pyrrole nitrogens is 2. The summed E-state index contributed by atoms with van der Waals surface area (Å²) in [5.41, 5.74) is 2.61. The Balaban J connectivity index is 1.77. The third-order valence-electron chi connectivity index (χ3n) is 5.07. The number of aromatic amines is 2. The maximum atomic E-state index is 13.6. The van der Waals surface area contributed by atoms with Gasteiger partial charge in [-0.1, -0.05) is 11.6 Å². The Morgan fingerprint density at radius 2 is 2.04 bits per heavy atom. The fourth-order valence-corrected chi connectivity index (χ4v) is 3.90. The minimum atomic E-state index is -0.364. The van der Waals surface area contributed by atoms with E-state index in [-0.39, 0.29) is 17.4 Å². The molecule has 1 aliphatic heterocycles. The summed E-state index contributed by atoms with van der Waals surface area (Å²) in [6.07, 6.45) is 0.944. The van der Waals surface area contributed by atoms with Gasteiger partial charge in [-0.25, -0.2) is 9.37 Å². The molecule has 28 heavy (non-hydrogen) atoms. The first-order valence-electron chi connectivity index (χ1n) is 9.07. The number of benzene rings is 2. The molecule has 142 valence electrons. The molecule has 8 heteroatoms. The minimum Gasteiger partial charge on any atom is -0.380 e. The van der Waals surface area contributed by atoms with Gasteiger partial charge in [-0.05, 0) is 49.4 Å². The lowest BCUT2D eigenvalue weighted by Gasteiger charge is -2.18. The second-order valence-electron chi connectivity index (χ2n) is 6.97. The van der Waals surface area contributed by atoms with Crippen LogP contribution in [0.4, 0.5) is 10.1 Å². The number of rotatable bonds is 3. The van der Waals surface area contributed by atoms with E-state index in [9.17, 15) is 9.18 Å². The molecular weight excluding hydrogens is 381 g/mol. The summed E-state index contributed by atoms with van der Waals surface area (Å²) in [6, 6.07) is 9.84. The Hall–Kier alpha value is -2.90. The summed E-state index contributed by atoms with van der Waals surface area (Å²) in [7, 11) is 0.